The van der Waals surface area contributed by atoms with Gasteiger partial charge in [-0.15, -0.1) is 0 Å². The first-order valence-electron chi connectivity index (χ1n) is 7.67. The van der Waals surface area contributed by atoms with E-state index in [4.69, 9.17) is 0 Å². The lowest BCUT2D eigenvalue weighted by atomic mass is 9.80. The Morgan fingerprint density at radius 2 is 2.00 bits per heavy atom. The molecule has 1 fully saturated rings. The van der Waals surface area contributed by atoms with Crippen LogP contribution in [0.2, 0.25) is 0 Å². The average molecular weight is 285 g/mol. The smallest absolute Gasteiger partial charge is 0.243 e. The molecule has 1 amide bonds. The molecule has 1 aliphatic carbocycles. The van der Waals surface area contributed by atoms with Crippen molar-refractivity contribution < 1.29 is 4.79 Å². The molecule has 1 heterocycles. The van der Waals surface area contributed by atoms with E-state index in [2.05, 4.69) is 11.1 Å². The highest BCUT2D eigenvalue weighted by Crippen LogP contribution is 2.36. The summed E-state index contributed by atoms with van der Waals surface area (Å²) in [5.41, 5.74) is 0.986. The maximum Gasteiger partial charge on any atom is 0.243 e. The van der Waals surface area contributed by atoms with Crippen molar-refractivity contribution in [3.8, 4) is 6.07 Å². The van der Waals surface area contributed by atoms with E-state index in [1.165, 1.54) is 0 Å². The van der Waals surface area contributed by atoms with Gasteiger partial charge in [0.2, 0.25) is 5.91 Å². The Kier molecular flexibility index (Phi) is 4.95. The van der Waals surface area contributed by atoms with Crippen LogP contribution in [0.15, 0.2) is 18.2 Å². The molecule has 4 nitrogen and oxygen atoms in total. The number of nitrogens with zero attached hydrogens (tertiary/aromatic N) is 3. The highest BCUT2D eigenvalue weighted by molar-refractivity contribution is 5.85. The first-order chi connectivity index (χ1) is 10.1. The fourth-order valence-corrected chi connectivity index (χ4v) is 3.07. The van der Waals surface area contributed by atoms with Crippen LogP contribution >= 0.6 is 0 Å². The standard InChI is InChI=1S/C17H23N3O/c1-14-8-7-9-15(19-14)12-20(2)16(21)17(13-18)10-5-3-4-6-11-17/h7-9H,3-6,10-12H2,1-2H3. The third-order valence-electron chi connectivity index (χ3n) is 4.27. The van der Waals surface area contributed by atoms with Gasteiger partial charge in [-0.3, -0.25) is 9.78 Å². The Hall–Kier alpha value is -1.89. The Morgan fingerprint density at radius 1 is 1.33 bits per heavy atom. The number of hydrogen-bond donors (Lipinski definition) is 0. The fourth-order valence-electron chi connectivity index (χ4n) is 3.07. The predicted octanol–water partition coefficient (Wildman–Crippen LogP) is 3.21. The zero-order valence-corrected chi connectivity index (χ0v) is 12.9. The van der Waals surface area contributed by atoms with Gasteiger partial charge in [0.05, 0.1) is 18.3 Å². The van der Waals surface area contributed by atoms with Crippen LogP contribution in [0.25, 0.3) is 0 Å². The Morgan fingerprint density at radius 3 is 2.57 bits per heavy atom. The van der Waals surface area contributed by atoms with Crippen molar-refractivity contribution in [1.29, 1.82) is 5.26 Å². The summed E-state index contributed by atoms with van der Waals surface area (Å²) >= 11 is 0. The first-order valence-corrected chi connectivity index (χ1v) is 7.67. The second-order valence-electron chi connectivity index (χ2n) is 6.04. The van der Waals surface area contributed by atoms with Crippen molar-refractivity contribution in [2.75, 3.05) is 7.05 Å². The molecule has 0 unspecified atom stereocenters. The predicted molar refractivity (Wildman–Crippen MR) is 81.2 cm³/mol. The average Bonchev–Trinajstić information content (AvgIpc) is 2.72. The molecule has 1 saturated carbocycles. The molecule has 0 N–H and O–H groups in total. The number of aryl methyl sites for hydroxylation is 1. The monoisotopic (exact) mass is 285 g/mol. The first kappa shape index (κ1) is 15.5. The number of pyridine rings is 1. The highest BCUT2D eigenvalue weighted by Gasteiger charge is 2.40. The number of aromatic nitrogens is 1. The largest absolute Gasteiger partial charge is 0.338 e. The third-order valence-corrected chi connectivity index (χ3v) is 4.27. The topological polar surface area (TPSA) is 57.0 Å². The quantitative estimate of drug-likeness (QED) is 0.801. The molecule has 112 valence electrons. The van der Waals surface area contributed by atoms with E-state index in [1.54, 1.807) is 11.9 Å². The van der Waals surface area contributed by atoms with Crippen LogP contribution in [0.1, 0.15) is 49.9 Å². The normalized spacial score (nSPS) is 17.6. The van der Waals surface area contributed by atoms with Crippen molar-refractivity contribution in [2.24, 2.45) is 5.41 Å². The molecule has 0 spiro atoms. The van der Waals surface area contributed by atoms with Crippen LogP contribution in [0.3, 0.4) is 0 Å². The van der Waals surface area contributed by atoms with Gasteiger partial charge in [0, 0.05) is 12.7 Å². The molecule has 0 aromatic carbocycles. The van der Waals surface area contributed by atoms with Gasteiger partial charge in [-0.1, -0.05) is 31.7 Å². The lowest BCUT2D eigenvalue weighted by molar-refractivity contribution is -0.139. The van der Waals surface area contributed by atoms with E-state index < -0.39 is 5.41 Å². The Labute approximate surface area is 126 Å². The molecule has 1 aromatic heterocycles. The number of carbonyl (C=O) groups excluding carboxylic acids is 1. The molecule has 4 heteroatoms. The summed E-state index contributed by atoms with van der Waals surface area (Å²) in [6.45, 7) is 2.40. The number of nitriles is 1. The molecule has 1 aliphatic rings. The van der Waals surface area contributed by atoms with Gasteiger partial charge in [-0.25, -0.2) is 0 Å². The van der Waals surface area contributed by atoms with Gasteiger partial charge >= 0.3 is 0 Å². The maximum absolute atomic E-state index is 12.8. The minimum absolute atomic E-state index is 0.0461. The van der Waals surface area contributed by atoms with E-state index >= 15 is 0 Å². The number of carbonyl (C=O) groups is 1. The van der Waals surface area contributed by atoms with Gasteiger partial charge in [0.15, 0.2) is 0 Å². The fraction of sp³-hybridized carbons (Fsp3) is 0.588. The summed E-state index contributed by atoms with van der Waals surface area (Å²) in [6.07, 6.45) is 5.56. The Balaban J connectivity index is 2.11. The van der Waals surface area contributed by atoms with Gasteiger partial charge in [0.25, 0.3) is 0 Å². The van der Waals surface area contributed by atoms with Crippen LogP contribution in [0, 0.1) is 23.7 Å². The van der Waals surface area contributed by atoms with Crippen molar-refractivity contribution in [2.45, 2.75) is 52.0 Å². The summed E-state index contributed by atoms with van der Waals surface area (Å²) in [5, 5.41) is 9.58. The van der Waals surface area contributed by atoms with Crippen LogP contribution < -0.4 is 0 Å². The summed E-state index contributed by atoms with van der Waals surface area (Å²) in [7, 11) is 1.77. The minimum atomic E-state index is -0.824. The van der Waals surface area contributed by atoms with Crippen molar-refractivity contribution in [1.82, 2.24) is 9.88 Å². The summed E-state index contributed by atoms with van der Waals surface area (Å²) in [5.74, 6) is -0.0461. The second kappa shape index (κ2) is 6.71. The molecule has 2 rings (SSSR count). The molecule has 0 aliphatic heterocycles. The zero-order valence-electron chi connectivity index (χ0n) is 12.9. The van der Waals surface area contributed by atoms with E-state index in [0.29, 0.717) is 19.4 Å². The zero-order chi connectivity index (χ0) is 15.3. The lowest BCUT2D eigenvalue weighted by Gasteiger charge is -2.29. The minimum Gasteiger partial charge on any atom is -0.338 e. The summed E-state index contributed by atoms with van der Waals surface area (Å²) < 4.78 is 0. The highest BCUT2D eigenvalue weighted by atomic mass is 16.2. The van der Waals surface area contributed by atoms with Crippen LogP contribution in [-0.4, -0.2) is 22.8 Å². The molecular formula is C17H23N3O. The molecular weight excluding hydrogens is 262 g/mol. The van der Waals surface area contributed by atoms with Crippen molar-refractivity contribution in [3.05, 3.63) is 29.6 Å². The van der Waals surface area contributed by atoms with Gasteiger partial charge in [-0.05, 0) is 31.9 Å². The Bertz CT molecular complexity index is 539. The molecule has 21 heavy (non-hydrogen) atoms. The molecule has 0 bridgehead atoms. The van der Waals surface area contributed by atoms with Crippen LogP contribution in [0.4, 0.5) is 0 Å². The summed E-state index contributed by atoms with van der Waals surface area (Å²) in [6, 6.07) is 8.13. The summed E-state index contributed by atoms with van der Waals surface area (Å²) in [4.78, 5) is 18.9. The number of rotatable bonds is 3. The molecule has 0 radical (unpaired) electrons. The van der Waals surface area contributed by atoms with Crippen LogP contribution in [0.5, 0.6) is 0 Å². The maximum atomic E-state index is 12.8. The van der Waals surface area contributed by atoms with Gasteiger partial charge < -0.3 is 4.90 Å². The van der Waals surface area contributed by atoms with Crippen LogP contribution in [-0.2, 0) is 11.3 Å². The van der Waals surface area contributed by atoms with E-state index in [-0.39, 0.29) is 5.91 Å². The van der Waals surface area contributed by atoms with Crippen molar-refractivity contribution >= 4 is 5.91 Å². The molecule has 0 atom stereocenters. The SMILES string of the molecule is Cc1cccc(CN(C)C(=O)C2(C#N)CCCCCC2)n1. The van der Waals surface area contributed by atoms with E-state index in [0.717, 1.165) is 37.1 Å². The van der Waals surface area contributed by atoms with E-state index in [9.17, 15) is 10.1 Å². The molecule has 1 aromatic rings. The number of hydrogen-bond acceptors (Lipinski definition) is 3. The number of amides is 1. The van der Waals surface area contributed by atoms with E-state index in [1.807, 2.05) is 25.1 Å². The lowest BCUT2D eigenvalue weighted by Crippen LogP contribution is -2.40. The molecule has 0 saturated heterocycles. The van der Waals surface area contributed by atoms with Gasteiger partial charge in [0.1, 0.15) is 5.41 Å². The van der Waals surface area contributed by atoms with Crippen molar-refractivity contribution in [3.63, 3.8) is 0 Å². The third kappa shape index (κ3) is 3.60. The van der Waals surface area contributed by atoms with Gasteiger partial charge in [-0.2, -0.15) is 5.26 Å². The second-order valence-corrected chi connectivity index (χ2v) is 6.04.